The van der Waals surface area contributed by atoms with Gasteiger partial charge < -0.3 is 4.90 Å². The largest absolute Gasteiger partial charge is 0.356 e. The maximum atomic E-state index is 12.1. The lowest BCUT2D eigenvalue weighted by Crippen LogP contribution is -2.20. The minimum Gasteiger partial charge on any atom is -0.356 e. The zero-order chi connectivity index (χ0) is 12.5. The lowest BCUT2D eigenvalue weighted by molar-refractivity contribution is 0.756. The number of rotatable bonds is 2. The number of hydrogen-bond donors (Lipinski definition) is 0. The van der Waals surface area contributed by atoms with Crippen LogP contribution in [0.5, 0.6) is 0 Å². The lowest BCUT2D eigenvalue weighted by Gasteiger charge is -2.16. The Hall–Kier alpha value is -2.03. The monoisotopic (exact) mass is 240 g/mol. The van der Waals surface area contributed by atoms with E-state index in [9.17, 15) is 4.79 Å². The molecule has 1 aliphatic rings. The number of nitrogens with zero attached hydrogens (tertiary/aromatic N) is 2. The number of fused-ring (bicyclic) bond motifs is 1. The minimum atomic E-state index is 0.0994. The molecule has 1 aromatic carbocycles. The Labute approximate surface area is 106 Å². The van der Waals surface area contributed by atoms with Gasteiger partial charge in [0.05, 0.1) is 0 Å². The van der Waals surface area contributed by atoms with E-state index in [2.05, 4.69) is 17.9 Å². The molecule has 0 aliphatic carbocycles. The Kier molecular flexibility index (Phi) is 2.67. The SMILES string of the molecule is CCN1CCn2c1cc(-c1ccccc1)cc2=O. The fraction of sp³-hybridized carbons (Fsp3) is 0.267. The molecule has 2 heterocycles. The highest BCUT2D eigenvalue weighted by atomic mass is 16.1. The van der Waals surface area contributed by atoms with Crippen LogP contribution in [0, 0.1) is 0 Å². The van der Waals surface area contributed by atoms with E-state index < -0.39 is 0 Å². The summed E-state index contributed by atoms with van der Waals surface area (Å²) in [7, 11) is 0. The van der Waals surface area contributed by atoms with Crippen molar-refractivity contribution in [2.24, 2.45) is 0 Å². The third-order valence-electron chi connectivity index (χ3n) is 3.51. The second kappa shape index (κ2) is 4.33. The summed E-state index contributed by atoms with van der Waals surface area (Å²) in [6.45, 7) is 4.80. The molecule has 0 saturated carbocycles. The van der Waals surface area contributed by atoms with Crippen LogP contribution in [0.2, 0.25) is 0 Å². The minimum absolute atomic E-state index is 0.0994. The number of benzene rings is 1. The molecule has 0 radical (unpaired) electrons. The average molecular weight is 240 g/mol. The molecule has 2 aromatic rings. The lowest BCUT2D eigenvalue weighted by atomic mass is 10.1. The van der Waals surface area contributed by atoms with Gasteiger partial charge in [-0.05, 0) is 24.1 Å². The van der Waals surface area contributed by atoms with Gasteiger partial charge in [-0.2, -0.15) is 0 Å². The molecule has 3 rings (SSSR count). The summed E-state index contributed by atoms with van der Waals surface area (Å²) in [4.78, 5) is 14.3. The van der Waals surface area contributed by atoms with Crippen LogP contribution in [0.1, 0.15) is 6.92 Å². The summed E-state index contributed by atoms with van der Waals surface area (Å²) >= 11 is 0. The summed E-state index contributed by atoms with van der Waals surface area (Å²) in [5.41, 5.74) is 2.20. The third-order valence-corrected chi connectivity index (χ3v) is 3.51. The van der Waals surface area contributed by atoms with Gasteiger partial charge in [0, 0.05) is 25.7 Å². The maximum Gasteiger partial charge on any atom is 0.252 e. The smallest absolute Gasteiger partial charge is 0.252 e. The van der Waals surface area contributed by atoms with Gasteiger partial charge in [0.25, 0.3) is 5.56 Å². The van der Waals surface area contributed by atoms with Gasteiger partial charge >= 0.3 is 0 Å². The molecule has 1 aromatic heterocycles. The summed E-state index contributed by atoms with van der Waals surface area (Å²) in [6.07, 6.45) is 0. The molecule has 0 bridgehead atoms. The van der Waals surface area contributed by atoms with Crippen molar-refractivity contribution in [2.75, 3.05) is 18.0 Å². The zero-order valence-electron chi connectivity index (χ0n) is 10.5. The van der Waals surface area contributed by atoms with Crippen LogP contribution in [0.15, 0.2) is 47.3 Å². The predicted molar refractivity (Wildman–Crippen MR) is 74.0 cm³/mol. The van der Waals surface area contributed by atoms with Crippen molar-refractivity contribution >= 4 is 5.82 Å². The molecular weight excluding hydrogens is 224 g/mol. The molecule has 18 heavy (non-hydrogen) atoms. The first-order chi connectivity index (χ1) is 8.79. The number of aromatic nitrogens is 1. The maximum absolute atomic E-state index is 12.1. The van der Waals surface area contributed by atoms with E-state index in [-0.39, 0.29) is 5.56 Å². The van der Waals surface area contributed by atoms with Crippen molar-refractivity contribution in [3.8, 4) is 11.1 Å². The van der Waals surface area contributed by atoms with Crippen LogP contribution in [-0.2, 0) is 6.54 Å². The van der Waals surface area contributed by atoms with Crippen molar-refractivity contribution in [3.63, 3.8) is 0 Å². The predicted octanol–water partition coefficient (Wildman–Crippen LogP) is 2.36. The highest BCUT2D eigenvalue weighted by molar-refractivity contribution is 5.67. The standard InChI is InChI=1S/C15H16N2O/c1-2-16-8-9-17-14(16)10-13(11-15(17)18)12-6-4-3-5-7-12/h3-7,10-11H,2,8-9H2,1H3. The molecule has 0 unspecified atom stereocenters. The molecule has 0 atom stereocenters. The Bertz CT molecular complexity index is 616. The van der Waals surface area contributed by atoms with Gasteiger partial charge in [-0.25, -0.2) is 0 Å². The molecule has 1 aliphatic heterocycles. The van der Waals surface area contributed by atoms with Crippen LogP contribution >= 0.6 is 0 Å². The first-order valence-electron chi connectivity index (χ1n) is 6.35. The molecule has 3 nitrogen and oxygen atoms in total. The molecule has 3 heteroatoms. The summed E-state index contributed by atoms with van der Waals surface area (Å²) in [6, 6.07) is 13.9. The Morgan fingerprint density at radius 2 is 1.83 bits per heavy atom. The number of anilines is 1. The summed E-state index contributed by atoms with van der Waals surface area (Å²) < 4.78 is 1.86. The number of likely N-dealkylation sites (N-methyl/N-ethyl adjacent to an activating group) is 1. The highest BCUT2D eigenvalue weighted by Gasteiger charge is 2.19. The van der Waals surface area contributed by atoms with Crippen molar-refractivity contribution in [1.29, 1.82) is 0 Å². The molecule has 0 N–H and O–H groups in total. The third kappa shape index (κ3) is 1.72. The first-order valence-corrected chi connectivity index (χ1v) is 6.35. The van der Waals surface area contributed by atoms with Crippen LogP contribution in [0.3, 0.4) is 0 Å². The van der Waals surface area contributed by atoms with Gasteiger partial charge in [-0.3, -0.25) is 9.36 Å². The fourth-order valence-electron chi connectivity index (χ4n) is 2.52. The van der Waals surface area contributed by atoms with E-state index in [1.165, 1.54) is 0 Å². The molecule has 0 spiro atoms. The van der Waals surface area contributed by atoms with Crippen LogP contribution in [0.25, 0.3) is 11.1 Å². The van der Waals surface area contributed by atoms with Crippen LogP contribution in [0.4, 0.5) is 5.82 Å². The van der Waals surface area contributed by atoms with Gasteiger partial charge in [-0.15, -0.1) is 0 Å². The van der Waals surface area contributed by atoms with E-state index in [1.807, 2.05) is 34.9 Å². The second-order valence-electron chi connectivity index (χ2n) is 4.54. The normalized spacial score (nSPS) is 13.7. The van der Waals surface area contributed by atoms with E-state index in [0.29, 0.717) is 0 Å². The number of pyridine rings is 1. The highest BCUT2D eigenvalue weighted by Crippen LogP contribution is 2.25. The van der Waals surface area contributed by atoms with Crippen molar-refractivity contribution < 1.29 is 0 Å². The van der Waals surface area contributed by atoms with Crippen molar-refractivity contribution in [1.82, 2.24) is 4.57 Å². The van der Waals surface area contributed by atoms with Gasteiger partial charge in [0.2, 0.25) is 0 Å². The summed E-state index contributed by atoms with van der Waals surface area (Å²) in [5, 5.41) is 0. The van der Waals surface area contributed by atoms with Gasteiger partial charge in [0.1, 0.15) is 5.82 Å². The summed E-state index contributed by atoms with van der Waals surface area (Å²) in [5.74, 6) is 1.05. The second-order valence-corrected chi connectivity index (χ2v) is 4.54. The Morgan fingerprint density at radius 3 is 2.56 bits per heavy atom. The molecule has 0 amide bonds. The number of hydrogen-bond acceptors (Lipinski definition) is 2. The fourth-order valence-corrected chi connectivity index (χ4v) is 2.52. The first kappa shape index (κ1) is 11.1. The van der Waals surface area contributed by atoms with Crippen molar-refractivity contribution in [3.05, 3.63) is 52.8 Å². The quantitative estimate of drug-likeness (QED) is 0.805. The zero-order valence-corrected chi connectivity index (χ0v) is 10.5. The van der Waals surface area contributed by atoms with E-state index >= 15 is 0 Å². The van der Waals surface area contributed by atoms with E-state index in [1.54, 1.807) is 6.07 Å². The van der Waals surface area contributed by atoms with Gasteiger partial charge in [-0.1, -0.05) is 30.3 Å². The van der Waals surface area contributed by atoms with Crippen molar-refractivity contribution in [2.45, 2.75) is 13.5 Å². The molecular formula is C15H16N2O. The van der Waals surface area contributed by atoms with Crippen LogP contribution < -0.4 is 10.5 Å². The molecule has 0 fully saturated rings. The van der Waals surface area contributed by atoms with Crippen LogP contribution in [-0.4, -0.2) is 17.7 Å². The Morgan fingerprint density at radius 1 is 1.06 bits per heavy atom. The van der Waals surface area contributed by atoms with E-state index in [0.717, 1.165) is 36.6 Å². The topological polar surface area (TPSA) is 25.2 Å². The molecule has 92 valence electrons. The van der Waals surface area contributed by atoms with E-state index in [4.69, 9.17) is 0 Å². The molecule has 0 saturated heterocycles. The average Bonchev–Trinajstić information content (AvgIpc) is 2.83. The Balaban J connectivity index is 2.15. The van der Waals surface area contributed by atoms with Gasteiger partial charge in [0.15, 0.2) is 0 Å².